The Morgan fingerprint density at radius 3 is 2.27 bits per heavy atom. The zero-order chi connectivity index (χ0) is 34.6. The van der Waals surface area contributed by atoms with Gasteiger partial charge in [0.25, 0.3) is 0 Å². The Hall–Kier alpha value is -6.61. The molecule has 5 nitrogen and oxygen atoms in total. The predicted octanol–water partition coefficient (Wildman–Crippen LogP) is 10.2. The van der Waals surface area contributed by atoms with Crippen molar-refractivity contribution in [2.75, 3.05) is 9.80 Å². The first-order chi connectivity index (χ1) is 25.1. The van der Waals surface area contributed by atoms with E-state index in [9.17, 15) is 15.8 Å². The first-order valence-electron chi connectivity index (χ1n) is 17.5. The lowest BCUT2D eigenvalue weighted by Gasteiger charge is -2.31. The Bertz CT molecular complexity index is 2450. The van der Waals surface area contributed by atoms with Crippen LogP contribution in [0.5, 0.6) is 0 Å². The summed E-state index contributed by atoms with van der Waals surface area (Å²) in [7, 11) is 0. The molecule has 5 unspecified atom stereocenters. The number of fused-ring (bicyclic) bond motifs is 5. The SMILES string of the molecule is CC1C=CC2=C(C1)C1C=CC=CC1N2c1cccc(-c2cccc(-c3c(C#N)cc(C#N)cc3N3c4ccccc4C4C=C(C#N)C=CC43)c2)c1. The van der Waals surface area contributed by atoms with Gasteiger partial charge < -0.3 is 9.80 Å². The zero-order valence-electron chi connectivity index (χ0n) is 28.1. The average molecular weight is 656 g/mol. The normalized spacial score (nSPS) is 23.5. The second-order valence-electron chi connectivity index (χ2n) is 13.9. The number of para-hydroxylation sites is 1. The van der Waals surface area contributed by atoms with Crippen LogP contribution >= 0.6 is 0 Å². The standard InChI is InChI=1S/C46H33N5/c1-29-16-18-43-39(20-29)37-12-2-4-14-41(37)50(43)36-11-7-9-33(25-36)32-8-6-10-34(24-32)46-35(28-49)21-31(27-48)23-45(46)51-42-15-5-3-13-38(42)40-22-30(26-47)17-19-44(40)51/h2-19,21-25,29,37,40-41,44H,20H2,1H3. The summed E-state index contributed by atoms with van der Waals surface area (Å²) in [6.45, 7) is 2.29. The number of hydrogen-bond donors (Lipinski definition) is 0. The fourth-order valence-corrected chi connectivity index (χ4v) is 8.73. The van der Waals surface area contributed by atoms with Gasteiger partial charge in [-0.05, 0) is 88.7 Å². The van der Waals surface area contributed by atoms with E-state index in [1.54, 1.807) is 6.07 Å². The molecule has 0 radical (unpaired) electrons. The highest BCUT2D eigenvalue weighted by Crippen LogP contribution is 2.52. The lowest BCUT2D eigenvalue weighted by Crippen LogP contribution is -2.32. The van der Waals surface area contributed by atoms with E-state index in [0.717, 1.165) is 51.3 Å². The van der Waals surface area contributed by atoms with E-state index < -0.39 is 0 Å². The molecule has 9 rings (SSSR count). The Kier molecular flexibility index (Phi) is 7.20. The average Bonchev–Trinajstić information content (AvgIpc) is 3.69. The van der Waals surface area contributed by atoms with E-state index in [4.69, 9.17) is 0 Å². The quantitative estimate of drug-likeness (QED) is 0.219. The monoisotopic (exact) mass is 655 g/mol. The molecule has 2 aliphatic heterocycles. The Balaban J connectivity index is 1.16. The number of rotatable bonds is 4. The smallest absolute Gasteiger partial charge is 0.0999 e. The van der Waals surface area contributed by atoms with Crippen molar-refractivity contribution in [1.82, 2.24) is 0 Å². The third kappa shape index (κ3) is 4.88. The number of anilines is 3. The van der Waals surface area contributed by atoms with Crippen molar-refractivity contribution in [3.63, 3.8) is 0 Å². The van der Waals surface area contributed by atoms with Crippen LogP contribution in [0.1, 0.15) is 36.0 Å². The maximum absolute atomic E-state index is 10.5. The molecule has 4 aromatic carbocycles. The summed E-state index contributed by atoms with van der Waals surface area (Å²) >= 11 is 0. The molecule has 0 amide bonds. The number of nitriles is 3. The Morgan fingerprint density at radius 2 is 1.43 bits per heavy atom. The van der Waals surface area contributed by atoms with Crippen molar-refractivity contribution in [2.45, 2.75) is 31.3 Å². The predicted molar refractivity (Wildman–Crippen MR) is 203 cm³/mol. The summed E-state index contributed by atoms with van der Waals surface area (Å²) in [4.78, 5) is 4.73. The van der Waals surface area contributed by atoms with Gasteiger partial charge in [0.1, 0.15) is 0 Å². The summed E-state index contributed by atoms with van der Waals surface area (Å²) < 4.78 is 0. The van der Waals surface area contributed by atoms with Gasteiger partial charge in [-0.15, -0.1) is 0 Å². The molecule has 0 aromatic heterocycles. The van der Waals surface area contributed by atoms with E-state index >= 15 is 0 Å². The molecule has 0 saturated carbocycles. The summed E-state index contributed by atoms with van der Waals surface area (Å²) in [5, 5.41) is 30.4. The largest absolute Gasteiger partial charge is 0.334 e. The fraction of sp³-hybridized carbons (Fsp3) is 0.152. The molecule has 3 aliphatic carbocycles. The van der Waals surface area contributed by atoms with Gasteiger partial charge in [0.05, 0.1) is 47.1 Å². The molecule has 2 heterocycles. The van der Waals surface area contributed by atoms with E-state index in [2.05, 4.69) is 138 Å². The molecule has 0 N–H and O–H groups in total. The van der Waals surface area contributed by atoms with Gasteiger partial charge in [-0.2, -0.15) is 15.8 Å². The molecule has 5 heteroatoms. The van der Waals surface area contributed by atoms with Crippen molar-refractivity contribution >= 4 is 17.1 Å². The van der Waals surface area contributed by atoms with Gasteiger partial charge >= 0.3 is 0 Å². The van der Waals surface area contributed by atoms with Crippen molar-refractivity contribution < 1.29 is 0 Å². The van der Waals surface area contributed by atoms with Crippen molar-refractivity contribution in [3.8, 4) is 40.5 Å². The van der Waals surface area contributed by atoms with Crippen LogP contribution in [0.15, 0.2) is 156 Å². The van der Waals surface area contributed by atoms with Crippen LogP contribution in [0, 0.1) is 45.8 Å². The highest BCUT2D eigenvalue weighted by atomic mass is 15.2. The van der Waals surface area contributed by atoms with E-state index in [0.29, 0.717) is 28.5 Å². The number of benzene rings is 4. The minimum absolute atomic E-state index is 0.0309. The molecule has 0 spiro atoms. The van der Waals surface area contributed by atoms with Crippen molar-refractivity contribution in [1.29, 1.82) is 15.8 Å². The van der Waals surface area contributed by atoms with Crippen LogP contribution in [-0.2, 0) is 0 Å². The highest BCUT2D eigenvalue weighted by Gasteiger charge is 2.41. The van der Waals surface area contributed by atoms with Crippen LogP contribution in [0.3, 0.4) is 0 Å². The van der Waals surface area contributed by atoms with E-state index in [1.807, 2.05) is 30.4 Å². The summed E-state index contributed by atoms with van der Waals surface area (Å²) in [6, 6.07) is 36.1. The summed E-state index contributed by atoms with van der Waals surface area (Å²) in [5.41, 5.74) is 12.2. The molecular weight excluding hydrogens is 623 g/mol. The molecule has 242 valence electrons. The highest BCUT2D eigenvalue weighted by molar-refractivity contribution is 5.92. The van der Waals surface area contributed by atoms with Crippen molar-refractivity contribution in [3.05, 3.63) is 173 Å². The number of hydrogen-bond acceptors (Lipinski definition) is 5. The fourth-order valence-electron chi connectivity index (χ4n) is 8.73. The zero-order valence-corrected chi connectivity index (χ0v) is 28.1. The second-order valence-corrected chi connectivity index (χ2v) is 13.9. The summed E-state index contributed by atoms with van der Waals surface area (Å²) in [5.74, 6) is 0.875. The van der Waals surface area contributed by atoms with Gasteiger partial charge in [-0.3, -0.25) is 0 Å². The Labute approximate surface area is 298 Å². The van der Waals surface area contributed by atoms with Crippen molar-refractivity contribution in [2.24, 2.45) is 11.8 Å². The molecule has 0 bridgehead atoms. The second kappa shape index (κ2) is 12.1. The van der Waals surface area contributed by atoms with Gasteiger partial charge in [0.15, 0.2) is 0 Å². The number of allylic oxidation sites excluding steroid dienone is 6. The molecular formula is C46H33N5. The Morgan fingerprint density at radius 1 is 0.647 bits per heavy atom. The van der Waals surface area contributed by atoms with Gasteiger partial charge in [-0.25, -0.2) is 0 Å². The molecule has 4 aromatic rings. The van der Waals surface area contributed by atoms with Gasteiger partial charge in [0.2, 0.25) is 0 Å². The van der Waals surface area contributed by atoms with Crippen LogP contribution < -0.4 is 9.80 Å². The molecule has 0 saturated heterocycles. The maximum Gasteiger partial charge on any atom is 0.0999 e. The first-order valence-corrected chi connectivity index (χ1v) is 17.5. The third-order valence-electron chi connectivity index (χ3n) is 10.9. The van der Waals surface area contributed by atoms with Crippen LogP contribution in [-0.4, -0.2) is 12.1 Å². The topological polar surface area (TPSA) is 77.8 Å². The number of nitrogens with zero attached hydrogens (tertiary/aromatic N) is 5. The third-order valence-corrected chi connectivity index (χ3v) is 10.9. The lowest BCUT2D eigenvalue weighted by atomic mass is 9.84. The van der Waals surface area contributed by atoms with E-state index in [-0.39, 0.29) is 18.0 Å². The van der Waals surface area contributed by atoms with E-state index in [1.165, 1.54) is 11.3 Å². The summed E-state index contributed by atoms with van der Waals surface area (Å²) in [6.07, 6.45) is 20.7. The molecule has 0 fully saturated rings. The van der Waals surface area contributed by atoms with Crippen LogP contribution in [0.25, 0.3) is 22.3 Å². The van der Waals surface area contributed by atoms with Gasteiger partial charge in [0, 0.05) is 40.0 Å². The lowest BCUT2D eigenvalue weighted by molar-refractivity contribution is 0.616. The van der Waals surface area contributed by atoms with Gasteiger partial charge in [-0.1, -0.05) is 98.0 Å². The minimum Gasteiger partial charge on any atom is -0.334 e. The maximum atomic E-state index is 10.5. The van der Waals surface area contributed by atoms with Crippen LogP contribution in [0.2, 0.25) is 0 Å². The molecule has 5 aliphatic rings. The van der Waals surface area contributed by atoms with Crippen LogP contribution in [0.4, 0.5) is 17.1 Å². The first kappa shape index (κ1) is 30.4. The molecule has 51 heavy (non-hydrogen) atoms. The minimum atomic E-state index is -0.109. The molecule has 5 atom stereocenters.